The van der Waals surface area contributed by atoms with Crippen molar-refractivity contribution < 1.29 is 10.2 Å². The van der Waals surface area contributed by atoms with E-state index < -0.39 is 0 Å². The minimum Gasteiger partial charge on any atom is -0.393 e. The van der Waals surface area contributed by atoms with Gasteiger partial charge in [0.2, 0.25) is 0 Å². The molecule has 2 N–H and O–H groups in total. The van der Waals surface area contributed by atoms with Crippen molar-refractivity contribution in [2.75, 3.05) is 0 Å². The Bertz CT molecular complexity index is 153. The molecule has 2 nitrogen and oxygen atoms in total. The summed E-state index contributed by atoms with van der Waals surface area (Å²) in [6, 6.07) is 0. The predicted molar refractivity (Wildman–Crippen MR) is 83.4 cm³/mol. The van der Waals surface area contributed by atoms with Crippen LogP contribution in [0, 0.1) is 0 Å². The van der Waals surface area contributed by atoms with Crippen LogP contribution in [0.25, 0.3) is 0 Å². The second kappa shape index (κ2) is 14.3. The summed E-state index contributed by atoms with van der Waals surface area (Å²) in [5.74, 6) is 0. The Morgan fingerprint density at radius 2 is 0.842 bits per heavy atom. The largest absolute Gasteiger partial charge is 0.393 e. The molecule has 0 saturated heterocycles. The lowest BCUT2D eigenvalue weighted by atomic mass is 10.0. The van der Waals surface area contributed by atoms with Crippen molar-refractivity contribution in [2.24, 2.45) is 0 Å². The molecule has 0 aromatic heterocycles. The summed E-state index contributed by atoms with van der Waals surface area (Å²) in [6.07, 6.45) is 14.7. The molecule has 0 fully saturated rings. The number of rotatable bonds is 14. The van der Waals surface area contributed by atoms with Gasteiger partial charge in [0.15, 0.2) is 0 Å². The van der Waals surface area contributed by atoms with Crippen molar-refractivity contribution >= 4 is 0 Å². The van der Waals surface area contributed by atoms with Gasteiger partial charge in [-0.15, -0.1) is 0 Å². The first-order chi connectivity index (χ1) is 9.20. The summed E-state index contributed by atoms with van der Waals surface area (Å²) >= 11 is 0. The molecule has 0 bridgehead atoms. The van der Waals surface area contributed by atoms with Crippen LogP contribution < -0.4 is 0 Å². The van der Waals surface area contributed by atoms with E-state index in [2.05, 4.69) is 13.8 Å². The molecule has 0 aliphatic carbocycles. The Morgan fingerprint density at radius 3 is 1.16 bits per heavy atom. The van der Waals surface area contributed by atoms with Crippen molar-refractivity contribution in [1.29, 1.82) is 0 Å². The Labute approximate surface area is 120 Å². The number of aliphatic hydroxyl groups excluding tert-OH is 2. The lowest BCUT2D eigenvalue weighted by molar-refractivity contribution is 0.149. The van der Waals surface area contributed by atoms with Crippen LogP contribution >= 0.6 is 0 Å². The maximum atomic E-state index is 9.59. The van der Waals surface area contributed by atoms with Gasteiger partial charge in [-0.2, -0.15) is 0 Å². The third-order valence-electron chi connectivity index (χ3n) is 3.82. The van der Waals surface area contributed by atoms with E-state index in [-0.39, 0.29) is 12.2 Å². The van der Waals surface area contributed by atoms with Gasteiger partial charge in [-0.1, -0.05) is 71.6 Å². The molecule has 116 valence electrons. The fourth-order valence-corrected chi connectivity index (χ4v) is 2.60. The first kappa shape index (κ1) is 18.9. The van der Waals surface area contributed by atoms with Gasteiger partial charge in [0.1, 0.15) is 0 Å². The Morgan fingerprint density at radius 1 is 0.526 bits per heavy atom. The number of hydrogen-bond acceptors (Lipinski definition) is 2. The van der Waals surface area contributed by atoms with Crippen LogP contribution in [0.4, 0.5) is 0 Å². The Hall–Kier alpha value is -0.0800. The highest BCUT2D eigenvalue weighted by Crippen LogP contribution is 2.13. The quantitative estimate of drug-likeness (QED) is 0.445. The second-order valence-electron chi connectivity index (χ2n) is 5.94. The van der Waals surface area contributed by atoms with E-state index in [0.29, 0.717) is 0 Å². The highest BCUT2D eigenvalue weighted by molar-refractivity contribution is 4.57. The van der Waals surface area contributed by atoms with E-state index in [1.807, 2.05) is 0 Å². The molecule has 0 radical (unpaired) electrons. The van der Waals surface area contributed by atoms with Gasteiger partial charge in [0, 0.05) is 0 Å². The summed E-state index contributed by atoms with van der Waals surface area (Å²) < 4.78 is 0. The molecule has 0 heterocycles. The highest BCUT2D eigenvalue weighted by atomic mass is 16.3. The lowest BCUT2D eigenvalue weighted by Gasteiger charge is -2.09. The topological polar surface area (TPSA) is 40.5 Å². The van der Waals surface area contributed by atoms with Crippen LogP contribution in [0.2, 0.25) is 0 Å². The molecule has 0 aliphatic rings. The molecule has 2 atom stereocenters. The van der Waals surface area contributed by atoms with Gasteiger partial charge in [0.25, 0.3) is 0 Å². The van der Waals surface area contributed by atoms with Crippen molar-refractivity contribution in [1.82, 2.24) is 0 Å². The van der Waals surface area contributed by atoms with Crippen LogP contribution in [0.3, 0.4) is 0 Å². The van der Waals surface area contributed by atoms with Gasteiger partial charge in [-0.25, -0.2) is 0 Å². The van der Waals surface area contributed by atoms with Crippen LogP contribution in [0.1, 0.15) is 97.3 Å². The van der Waals surface area contributed by atoms with Crippen LogP contribution in [0.5, 0.6) is 0 Å². The summed E-state index contributed by atoms with van der Waals surface area (Å²) in [5, 5.41) is 19.2. The van der Waals surface area contributed by atoms with E-state index in [9.17, 15) is 10.2 Å². The molecule has 19 heavy (non-hydrogen) atoms. The Balaban J connectivity index is 3.10. The van der Waals surface area contributed by atoms with Crippen molar-refractivity contribution in [3.05, 3.63) is 0 Å². The standard InChI is InChI=1S/C17H36O2/c1-3-12-16(18)14-10-8-6-5-7-9-11-15-17(19)13-4-2/h16-19H,3-15H2,1-2H3. The number of unbranched alkanes of at least 4 members (excludes halogenated alkanes) is 6. The molecule has 2 unspecified atom stereocenters. The Kier molecular flexibility index (Phi) is 14.3. The zero-order valence-electron chi connectivity index (χ0n) is 13.2. The molecule has 2 heteroatoms. The molecule has 0 rings (SSSR count). The van der Waals surface area contributed by atoms with Gasteiger partial charge >= 0.3 is 0 Å². The maximum absolute atomic E-state index is 9.59. The average Bonchev–Trinajstić information content (AvgIpc) is 2.37. The molecule has 0 spiro atoms. The first-order valence-electron chi connectivity index (χ1n) is 8.56. The van der Waals surface area contributed by atoms with Crippen LogP contribution in [-0.2, 0) is 0 Å². The van der Waals surface area contributed by atoms with E-state index in [1.54, 1.807) is 0 Å². The van der Waals surface area contributed by atoms with E-state index in [0.717, 1.165) is 38.5 Å². The molecule has 0 aromatic rings. The zero-order chi connectivity index (χ0) is 14.3. The number of hydrogen-bond donors (Lipinski definition) is 2. The molecule has 0 saturated carbocycles. The van der Waals surface area contributed by atoms with Gasteiger partial charge in [-0.3, -0.25) is 0 Å². The van der Waals surface area contributed by atoms with E-state index in [1.165, 1.54) is 44.9 Å². The highest BCUT2D eigenvalue weighted by Gasteiger charge is 2.03. The van der Waals surface area contributed by atoms with Gasteiger partial charge in [0.05, 0.1) is 12.2 Å². The molecular formula is C17H36O2. The summed E-state index contributed by atoms with van der Waals surface area (Å²) in [6.45, 7) is 4.25. The smallest absolute Gasteiger partial charge is 0.0540 e. The number of aliphatic hydroxyl groups is 2. The fourth-order valence-electron chi connectivity index (χ4n) is 2.60. The predicted octanol–water partition coefficient (Wildman–Crippen LogP) is 4.82. The normalized spacial score (nSPS) is 14.5. The van der Waals surface area contributed by atoms with Crippen molar-refractivity contribution in [2.45, 2.75) is 110 Å². The lowest BCUT2D eigenvalue weighted by Crippen LogP contribution is -2.05. The van der Waals surface area contributed by atoms with Crippen molar-refractivity contribution in [3.8, 4) is 0 Å². The zero-order valence-corrected chi connectivity index (χ0v) is 13.2. The summed E-state index contributed by atoms with van der Waals surface area (Å²) in [5.41, 5.74) is 0. The molecule has 0 amide bonds. The summed E-state index contributed by atoms with van der Waals surface area (Å²) in [4.78, 5) is 0. The second-order valence-corrected chi connectivity index (χ2v) is 5.94. The molecule has 0 aliphatic heterocycles. The molecular weight excluding hydrogens is 236 g/mol. The van der Waals surface area contributed by atoms with E-state index >= 15 is 0 Å². The SMILES string of the molecule is CCCC(O)CCCCCCCCCC(O)CCC. The average molecular weight is 272 g/mol. The maximum Gasteiger partial charge on any atom is 0.0540 e. The summed E-state index contributed by atoms with van der Waals surface area (Å²) in [7, 11) is 0. The molecule has 0 aromatic carbocycles. The fraction of sp³-hybridized carbons (Fsp3) is 1.00. The third-order valence-corrected chi connectivity index (χ3v) is 3.82. The van der Waals surface area contributed by atoms with Crippen molar-refractivity contribution in [3.63, 3.8) is 0 Å². The van der Waals surface area contributed by atoms with Gasteiger partial charge < -0.3 is 10.2 Å². The van der Waals surface area contributed by atoms with Crippen LogP contribution in [-0.4, -0.2) is 22.4 Å². The van der Waals surface area contributed by atoms with E-state index in [4.69, 9.17) is 0 Å². The monoisotopic (exact) mass is 272 g/mol. The van der Waals surface area contributed by atoms with Gasteiger partial charge in [-0.05, 0) is 25.7 Å². The minimum absolute atomic E-state index is 0.0648. The first-order valence-corrected chi connectivity index (χ1v) is 8.56. The third kappa shape index (κ3) is 14.1. The van der Waals surface area contributed by atoms with Crippen LogP contribution in [0.15, 0.2) is 0 Å². The minimum atomic E-state index is -0.0648.